The Morgan fingerprint density at radius 3 is 2.42 bits per heavy atom. The molecule has 0 bridgehead atoms. The zero-order chi connectivity index (χ0) is 9.45. The SMILES string of the molecule is CCCCCCC(N)(N)OOO. The van der Waals surface area contributed by atoms with Crippen molar-refractivity contribution in [2.45, 2.75) is 44.9 Å². The molecule has 0 heterocycles. The van der Waals surface area contributed by atoms with Gasteiger partial charge in [0.2, 0.25) is 5.85 Å². The maximum absolute atomic E-state index is 7.92. The molecular weight excluding hydrogens is 160 g/mol. The van der Waals surface area contributed by atoms with Gasteiger partial charge in [0.05, 0.1) is 0 Å². The summed E-state index contributed by atoms with van der Waals surface area (Å²) in [5.41, 5.74) is 10.8. The summed E-state index contributed by atoms with van der Waals surface area (Å²) in [6, 6.07) is 0. The highest BCUT2D eigenvalue weighted by molar-refractivity contribution is 4.61. The first-order chi connectivity index (χ1) is 5.62. The van der Waals surface area contributed by atoms with Crippen molar-refractivity contribution in [1.29, 1.82) is 0 Å². The molecule has 5 nitrogen and oxygen atoms in total. The first kappa shape index (κ1) is 11.8. The maximum Gasteiger partial charge on any atom is 0.206 e. The first-order valence-electron chi connectivity index (χ1n) is 4.19. The minimum atomic E-state index is -1.37. The molecule has 0 aliphatic heterocycles. The zero-order valence-corrected chi connectivity index (χ0v) is 7.45. The van der Waals surface area contributed by atoms with Gasteiger partial charge in [-0.05, 0) is 6.42 Å². The summed E-state index contributed by atoms with van der Waals surface area (Å²) in [5.74, 6) is -1.37. The molecule has 0 spiro atoms. The van der Waals surface area contributed by atoms with Crippen molar-refractivity contribution in [2.75, 3.05) is 0 Å². The quantitative estimate of drug-likeness (QED) is 0.234. The predicted octanol–water partition coefficient (Wildman–Crippen LogP) is 0.949. The van der Waals surface area contributed by atoms with E-state index in [1.165, 1.54) is 0 Å². The zero-order valence-electron chi connectivity index (χ0n) is 7.45. The van der Waals surface area contributed by atoms with Gasteiger partial charge in [0.15, 0.2) is 0 Å². The molecule has 0 atom stereocenters. The lowest BCUT2D eigenvalue weighted by Crippen LogP contribution is -2.51. The molecule has 0 amide bonds. The van der Waals surface area contributed by atoms with E-state index >= 15 is 0 Å². The Kier molecular flexibility index (Phi) is 6.23. The van der Waals surface area contributed by atoms with Crippen molar-refractivity contribution in [2.24, 2.45) is 11.5 Å². The number of hydrogen-bond acceptors (Lipinski definition) is 5. The van der Waals surface area contributed by atoms with Gasteiger partial charge in [0.25, 0.3) is 0 Å². The molecule has 0 aromatic carbocycles. The number of unbranched alkanes of at least 4 members (excludes halogenated alkanes) is 3. The highest BCUT2D eigenvalue weighted by Crippen LogP contribution is 2.09. The molecule has 0 unspecified atom stereocenters. The van der Waals surface area contributed by atoms with E-state index in [2.05, 4.69) is 16.8 Å². The summed E-state index contributed by atoms with van der Waals surface area (Å²) in [6.07, 6.45) is 4.69. The lowest BCUT2D eigenvalue weighted by atomic mass is 10.1. The molecule has 5 N–H and O–H groups in total. The molecule has 12 heavy (non-hydrogen) atoms. The lowest BCUT2D eigenvalue weighted by molar-refractivity contribution is -0.525. The van der Waals surface area contributed by atoms with Crippen LogP contribution in [0.4, 0.5) is 0 Å². The van der Waals surface area contributed by atoms with E-state index < -0.39 is 5.85 Å². The topological polar surface area (TPSA) is 90.7 Å². The molecule has 0 aromatic rings. The van der Waals surface area contributed by atoms with E-state index in [4.69, 9.17) is 16.7 Å². The minimum Gasteiger partial charge on any atom is -0.288 e. The average Bonchev–Trinajstić information content (AvgIpc) is 1.98. The summed E-state index contributed by atoms with van der Waals surface area (Å²) in [7, 11) is 0. The summed E-state index contributed by atoms with van der Waals surface area (Å²) < 4.78 is 0. The van der Waals surface area contributed by atoms with E-state index in [9.17, 15) is 0 Å². The van der Waals surface area contributed by atoms with E-state index in [0.717, 1.165) is 25.7 Å². The van der Waals surface area contributed by atoms with Crippen LogP contribution in [-0.4, -0.2) is 11.1 Å². The molecule has 0 aliphatic rings. The number of hydrogen-bond donors (Lipinski definition) is 3. The van der Waals surface area contributed by atoms with E-state index in [-0.39, 0.29) is 0 Å². The van der Waals surface area contributed by atoms with Crippen molar-refractivity contribution in [3.05, 3.63) is 0 Å². The molecule has 74 valence electrons. The van der Waals surface area contributed by atoms with E-state index in [0.29, 0.717) is 6.42 Å². The normalized spacial score (nSPS) is 12.0. The fourth-order valence-electron chi connectivity index (χ4n) is 0.939. The molecule has 0 saturated heterocycles. The molecule has 0 radical (unpaired) electrons. The highest BCUT2D eigenvalue weighted by atomic mass is 17.5. The van der Waals surface area contributed by atoms with Crippen molar-refractivity contribution in [3.8, 4) is 0 Å². The van der Waals surface area contributed by atoms with Gasteiger partial charge >= 0.3 is 0 Å². The molecule has 0 rings (SSSR count). The van der Waals surface area contributed by atoms with Gasteiger partial charge in [-0.3, -0.25) is 11.5 Å². The van der Waals surface area contributed by atoms with Crippen molar-refractivity contribution >= 4 is 0 Å². The monoisotopic (exact) mass is 178 g/mol. The van der Waals surface area contributed by atoms with Gasteiger partial charge < -0.3 is 0 Å². The Labute approximate surface area is 72.5 Å². The van der Waals surface area contributed by atoms with Crippen LogP contribution in [0.25, 0.3) is 0 Å². The standard InChI is InChI=1S/C7H18N2O3/c1-2-3-4-5-6-7(8,9)11-12-10/h10H,2-6,8-9H2,1H3. The Hall–Kier alpha value is -0.200. The van der Waals surface area contributed by atoms with Crippen molar-refractivity contribution in [3.63, 3.8) is 0 Å². The second-order valence-corrected chi connectivity index (χ2v) is 2.92. The fraction of sp³-hybridized carbons (Fsp3) is 1.00. The molecule has 0 fully saturated rings. The summed E-state index contributed by atoms with van der Waals surface area (Å²) in [4.78, 5) is 4.22. The van der Waals surface area contributed by atoms with Crippen LogP contribution in [0.1, 0.15) is 39.0 Å². The van der Waals surface area contributed by atoms with Gasteiger partial charge in [0, 0.05) is 6.42 Å². The van der Waals surface area contributed by atoms with Crippen molar-refractivity contribution in [1.82, 2.24) is 0 Å². The Morgan fingerprint density at radius 1 is 1.25 bits per heavy atom. The van der Waals surface area contributed by atoms with Crippen LogP contribution in [0.15, 0.2) is 0 Å². The van der Waals surface area contributed by atoms with Gasteiger partial charge in [-0.15, -0.1) is 0 Å². The smallest absolute Gasteiger partial charge is 0.206 e. The Balaban J connectivity index is 3.33. The van der Waals surface area contributed by atoms with E-state index in [1.807, 2.05) is 0 Å². The van der Waals surface area contributed by atoms with Crippen LogP contribution in [0.2, 0.25) is 0 Å². The van der Waals surface area contributed by atoms with Crippen LogP contribution in [0.3, 0.4) is 0 Å². The third-order valence-electron chi connectivity index (χ3n) is 1.61. The summed E-state index contributed by atoms with van der Waals surface area (Å²) >= 11 is 0. The summed E-state index contributed by atoms with van der Waals surface area (Å²) in [5, 5.41) is 11.3. The minimum absolute atomic E-state index is 0.466. The number of rotatable bonds is 7. The second-order valence-electron chi connectivity index (χ2n) is 2.92. The summed E-state index contributed by atoms with van der Waals surface area (Å²) in [6.45, 7) is 2.12. The van der Waals surface area contributed by atoms with Crippen molar-refractivity contribution < 1.29 is 15.2 Å². The Morgan fingerprint density at radius 2 is 1.92 bits per heavy atom. The maximum atomic E-state index is 7.92. The molecule has 0 aromatic heterocycles. The van der Waals surface area contributed by atoms with Crippen LogP contribution >= 0.6 is 0 Å². The lowest BCUT2D eigenvalue weighted by Gasteiger charge is -2.20. The molecule has 5 heteroatoms. The third kappa shape index (κ3) is 6.51. The number of nitrogens with two attached hydrogens (primary N) is 2. The first-order valence-corrected chi connectivity index (χ1v) is 4.19. The Bertz CT molecular complexity index is 109. The second kappa shape index (κ2) is 6.33. The van der Waals surface area contributed by atoms with Crippen LogP contribution in [0.5, 0.6) is 0 Å². The fourth-order valence-corrected chi connectivity index (χ4v) is 0.939. The van der Waals surface area contributed by atoms with Gasteiger partial charge in [-0.1, -0.05) is 31.2 Å². The van der Waals surface area contributed by atoms with Gasteiger partial charge in [-0.2, -0.15) is 4.89 Å². The highest BCUT2D eigenvalue weighted by Gasteiger charge is 2.20. The third-order valence-corrected chi connectivity index (χ3v) is 1.61. The molecular formula is C7H18N2O3. The predicted molar refractivity (Wildman–Crippen MR) is 44.7 cm³/mol. The van der Waals surface area contributed by atoms with Crippen LogP contribution < -0.4 is 11.5 Å². The largest absolute Gasteiger partial charge is 0.288 e. The van der Waals surface area contributed by atoms with Crippen LogP contribution in [-0.2, 0) is 9.93 Å². The molecule has 0 saturated carbocycles. The van der Waals surface area contributed by atoms with Gasteiger partial charge in [0.1, 0.15) is 0 Å². The average molecular weight is 178 g/mol. The molecule has 0 aliphatic carbocycles. The van der Waals surface area contributed by atoms with Crippen LogP contribution in [0, 0.1) is 0 Å². The van der Waals surface area contributed by atoms with E-state index in [1.54, 1.807) is 0 Å². The van der Waals surface area contributed by atoms with Gasteiger partial charge in [-0.25, -0.2) is 5.26 Å².